The first-order valence-corrected chi connectivity index (χ1v) is 5.16. The standard InChI is InChI=1S/C10H9BrN2O2/c1-6-2-8-7(3-10(6)13(14)15)4-12-5-9(8)11/h2-5,13-14H,1H3. The van der Waals surface area contributed by atoms with Crippen LogP contribution in [0.25, 0.3) is 10.8 Å². The summed E-state index contributed by atoms with van der Waals surface area (Å²) in [6.45, 7) is 1.79. The lowest BCUT2D eigenvalue weighted by Gasteiger charge is -2.14. The van der Waals surface area contributed by atoms with Crippen LogP contribution in [0.4, 0.5) is 5.69 Å². The van der Waals surface area contributed by atoms with Crippen molar-refractivity contribution in [3.63, 3.8) is 0 Å². The van der Waals surface area contributed by atoms with Gasteiger partial charge in [-0.2, -0.15) is 5.23 Å². The molecule has 15 heavy (non-hydrogen) atoms. The number of nitrogens with zero attached hydrogens (tertiary/aromatic N) is 1. The SMILES string of the molecule is Cc1cc2c(Br)cncc2cc1[NH+]([O-])O. The topological polar surface area (TPSA) is 60.6 Å². The Kier molecular flexibility index (Phi) is 2.70. The summed E-state index contributed by atoms with van der Waals surface area (Å²) in [6, 6.07) is 3.50. The van der Waals surface area contributed by atoms with Gasteiger partial charge in [0.15, 0.2) is 5.69 Å². The number of aromatic nitrogens is 1. The van der Waals surface area contributed by atoms with Crippen LogP contribution < -0.4 is 5.23 Å². The van der Waals surface area contributed by atoms with Gasteiger partial charge in [-0.25, -0.2) is 5.21 Å². The average Bonchev–Trinajstić information content (AvgIpc) is 2.18. The minimum absolute atomic E-state index is 0.322. The minimum Gasteiger partial charge on any atom is -0.595 e. The first-order valence-electron chi connectivity index (χ1n) is 4.37. The van der Waals surface area contributed by atoms with Crippen molar-refractivity contribution in [2.45, 2.75) is 6.92 Å². The number of fused-ring (bicyclic) bond motifs is 1. The van der Waals surface area contributed by atoms with Gasteiger partial charge in [-0.15, -0.1) is 0 Å². The van der Waals surface area contributed by atoms with E-state index in [2.05, 4.69) is 20.9 Å². The lowest BCUT2D eigenvalue weighted by atomic mass is 10.1. The van der Waals surface area contributed by atoms with Crippen LogP contribution in [0.3, 0.4) is 0 Å². The van der Waals surface area contributed by atoms with Gasteiger partial charge in [-0.1, -0.05) is 0 Å². The zero-order chi connectivity index (χ0) is 11.0. The number of halogens is 1. The van der Waals surface area contributed by atoms with Crippen LogP contribution in [-0.2, 0) is 0 Å². The van der Waals surface area contributed by atoms with Crippen LogP contribution in [0, 0.1) is 12.1 Å². The van der Waals surface area contributed by atoms with Crippen molar-refractivity contribution in [1.82, 2.24) is 4.98 Å². The average molecular weight is 269 g/mol. The van der Waals surface area contributed by atoms with E-state index in [1.54, 1.807) is 25.4 Å². The summed E-state index contributed by atoms with van der Waals surface area (Å²) in [6.07, 6.45) is 3.36. The van der Waals surface area contributed by atoms with E-state index in [1.165, 1.54) is 0 Å². The van der Waals surface area contributed by atoms with Crippen molar-refractivity contribution >= 4 is 32.4 Å². The second kappa shape index (κ2) is 3.86. The molecule has 0 radical (unpaired) electrons. The smallest absolute Gasteiger partial charge is 0.167 e. The van der Waals surface area contributed by atoms with Gasteiger partial charge >= 0.3 is 0 Å². The number of benzene rings is 1. The number of quaternary nitrogens is 1. The van der Waals surface area contributed by atoms with E-state index >= 15 is 0 Å². The fourth-order valence-electron chi connectivity index (χ4n) is 1.52. The summed E-state index contributed by atoms with van der Waals surface area (Å²) in [4.78, 5) is 4.00. The highest BCUT2D eigenvalue weighted by Gasteiger charge is 2.08. The molecule has 4 nitrogen and oxygen atoms in total. The summed E-state index contributed by atoms with van der Waals surface area (Å²) in [7, 11) is 0. The van der Waals surface area contributed by atoms with Crippen LogP contribution in [-0.4, -0.2) is 10.2 Å². The van der Waals surface area contributed by atoms with Crippen molar-refractivity contribution in [3.05, 3.63) is 39.8 Å². The minimum atomic E-state index is -0.908. The van der Waals surface area contributed by atoms with E-state index in [0.29, 0.717) is 5.69 Å². The maximum Gasteiger partial charge on any atom is 0.167 e. The summed E-state index contributed by atoms with van der Waals surface area (Å²) < 4.78 is 0.875. The lowest BCUT2D eigenvalue weighted by molar-refractivity contribution is -0.991. The van der Waals surface area contributed by atoms with E-state index in [4.69, 9.17) is 5.21 Å². The monoisotopic (exact) mass is 268 g/mol. The Balaban J connectivity index is 2.76. The van der Waals surface area contributed by atoms with Gasteiger partial charge in [0.05, 0.1) is 0 Å². The Hall–Kier alpha value is -1.01. The summed E-state index contributed by atoms with van der Waals surface area (Å²) >= 11 is 3.38. The van der Waals surface area contributed by atoms with E-state index < -0.39 is 5.23 Å². The zero-order valence-electron chi connectivity index (χ0n) is 7.99. The predicted octanol–water partition coefficient (Wildman–Crippen LogP) is 1.71. The molecule has 1 heterocycles. The first kappa shape index (κ1) is 10.5. The number of hydrogen-bond acceptors (Lipinski definition) is 3. The highest BCUT2D eigenvalue weighted by atomic mass is 79.9. The van der Waals surface area contributed by atoms with Crippen molar-refractivity contribution in [2.24, 2.45) is 0 Å². The number of aryl methyl sites for hydroxylation is 1. The number of hydrogen-bond donors (Lipinski definition) is 2. The van der Waals surface area contributed by atoms with Gasteiger partial charge in [-0.05, 0) is 34.3 Å². The number of pyridine rings is 1. The molecule has 0 spiro atoms. The Morgan fingerprint density at radius 1 is 1.40 bits per heavy atom. The molecule has 0 aliphatic carbocycles. The van der Waals surface area contributed by atoms with E-state index in [9.17, 15) is 5.21 Å². The van der Waals surface area contributed by atoms with E-state index in [-0.39, 0.29) is 0 Å². The van der Waals surface area contributed by atoms with Gasteiger partial charge < -0.3 is 5.21 Å². The molecule has 1 aromatic carbocycles. The third kappa shape index (κ3) is 1.87. The maximum absolute atomic E-state index is 10.9. The molecule has 0 saturated carbocycles. The molecule has 78 valence electrons. The number of rotatable bonds is 1. The first-order chi connectivity index (χ1) is 7.09. The van der Waals surface area contributed by atoms with Crippen LogP contribution in [0.2, 0.25) is 0 Å². The third-order valence-electron chi connectivity index (χ3n) is 2.29. The Morgan fingerprint density at radius 3 is 2.80 bits per heavy atom. The van der Waals surface area contributed by atoms with E-state index in [1.807, 2.05) is 6.07 Å². The van der Waals surface area contributed by atoms with Crippen LogP contribution in [0.15, 0.2) is 29.0 Å². The molecular formula is C10H9BrN2O2. The van der Waals surface area contributed by atoms with Crippen LogP contribution in [0.5, 0.6) is 0 Å². The molecule has 1 unspecified atom stereocenters. The molecule has 2 aromatic rings. The van der Waals surface area contributed by atoms with Gasteiger partial charge in [0.1, 0.15) is 0 Å². The van der Waals surface area contributed by atoms with Crippen molar-refractivity contribution < 1.29 is 10.4 Å². The van der Waals surface area contributed by atoms with Crippen molar-refractivity contribution in [1.29, 1.82) is 0 Å². The van der Waals surface area contributed by atoms with Gasteiger partial charge in [0.25, 0.3) is 0 Å². The van der Waals surface area contributed by atoms with Crippen molar-refractivity contribution in [3.8, 4) is 0 Å². The third-order valence-corrected chi connectivity index (χ3v) is 2.92. The van der Waals surface area contributed by atoms with Gasteiger partial charge in [-0.3, -0.25) is 4.98 Å². The molecule has 0 bridgehead atoms. The van der Waals surface area contributed by atoms with E-state index in [0.717, 1.165) is 20.8 Å². The Morgan fingerprint density at radius 2 is 2.13 bits per heavy atom. The molecule has 0 aliphatic heterocycles. The zero-order valence-corrected chi connectivity index (χ0v) is 9.58. The molecule has 1 atom stereocenters. The molecule has 0 aliphatic rings. The molecule has 0 saturated heterocycles. The maximum atomic E-state index is 10.9. The molecule has 2 rings (SSSR count). The largest absolute Gasteiger partial charge is 0.595 e. The highest BCUT2D eigenvalue weighted by Crippen LogP contribution is 2.26. The predicted molar refractivity (Wildman–Crippen MR) is 60.0 cm³/mol. The number of nitrogens with one attached hydrogen (secondary N) is 1. The molecule has 5 heteroatoms. The van der Waals surface area contributed by atoms with Crippen molar-refractivity contribution in [2.75, 3.05) is 0 Å². The summed E-state index contributed by atoms with van der Waals surface area (Å²) in [5.41, 5.74) is 1.07. The van der Waals surface area contributed by atoms with Crippen LogP contribution >= 0.6 is 15.9 Å². The van der Waals surface area contributed by atoms with Crippen LogP contribution in [0.1, 0.15) is 5.56 Å². The second-order valence-corrected chi connectivity index (χ2v) is 4.17. The van der Waals surface area contributed by atoms with Gasteiger partial charge in [0.2, 0.25) is 0 Å². The Bertz CT molecular complexity index is 514. The lowest BCUT2D eigenvalue weighted by Crippen LogP contribution is -2.99. The molecule has 0 amide bonds. The molecule has 0 fully saturated rings. The molecule has 1 aromatic heterocycles. The second-order valence-electron chi connectivity index (χ2n) is 3.31. The quantitative estimate of drug-likeness (QED) is 0.775. The Labute approximate surface area is 94.8 Å². The highest BCUT2D eigenvalue weighted by molar-refractivity contribution is 9.10. The fourth-order valence-corrected chi connectivity index (χ4v) is 1.98. The molecular weight excluding hydrogens is 260 g/mol. The normalized spacial score (nSPS) is 13.1. The fraction of sp³-hybridized carbons (Fsp3) is 0.100. The molecule has 2 N–H and O–H groups in total. The summed E-state index contributed by atoms with van der Waals surface area (Å²) in [5, 5.41) is 20.8. The summed E-state index contributed by atoms with van der Waals surface area (Å²) in [5.74, 6) is 0. The van der Waals surface area contributed by atoms with Gasteiger partial charge in [0, 0.05) is 33.9 Å².